The largest absolute Gasteiger partial charge is 0.481 e. The molecule has 0 aromatic carbocycles. The molecular weight excluding hydrogens is 238 g/mol. The van der Waals surface area contributed by atoms with Crippen molar-refractivity contribution in [3.8, 4) is 5.88 Å². The van der Waals surface area contributed by atoms with Crippen LogP contribution in [0, 0.1) is 5.92 Å². The molecule has 4 nitrogen and oxygen atoms in total. The monoisotopic (exact) mass is 263 g/mol. The molecule has 0 aliphatic heterocycles. The van der Waals surface area contributed by atoms with Crippen LogP contribution in [-0.2, 0) is 6.42 Å². The second kappa shape index (κ2) is 7.43. The molecule has 0 saturated heterocycles. The number of hydrogen-bond acceptors (Lipinski definition) is 4. The zero-order valence-corrected chi connectivity index (χ0v) is 11.8. The molecule has 0 amide bonds. The maximum Gasteiger partial charge on any atom is 0.216 e. The molecule has 4 heteroatoms. The molecule has 2 N–H and O–H groups in total. The fourth-order valence-electron chi connectivity index (χ4n) is 2.92. The van der Waals surface area contributed by atoms with E-state index in [0.717, 1.165) is 12.1 Å². The summed E-state index contributed by atoms with van der Waals surface area (Å²) in [5.74, 6) is 1.26. The van der Waals surface area contributed by atoms with Gasteiger partial charge in [-0.05, 0) is 18.8 Å². The maximum absolute atomic E-state index is 6.39. The number of methoxy groups -OCH3 is 1. The Labute approximate surface area is 115 Å². The smallest absolute Gasteiger partial charge is 0.216 e. The fourth-order valence-corrected chi connectivity index (χ4v) is 2.92. The molecule has 1 aromatic heterocycles. The second-order valence-corrected chi connectivity index (χ2v) is 5.52. The third-order valence-corrected chi connectivity index (χ3v) is 4.11. The molecule has 1 aromatic rings. The highest BCUT2D eigenvalue weighted by Crippen LogP contribution is 2.25. The topological polar surface area (TPSA) is 61.0 Å². The summed E-state index contributed by atoms with van der Waals surface area (Å²) in [5, 5.41) is 0. The maximum atomic E-state index is 6.39. The van der Waals surface area contributed by atoms with Crippen LogP contribution in [0.4, 0.5) is 0 Å². The first kappa shape index (κ1) is 14.3. The standard InChI is InChI=1S/C15H25N3O/c1-19-15-10-13(17-11-18-15)9-14(16)12-7-5-3-2-4-6-8-12/h10-12,14H,2-9,16H2,1H3. The highest BCUT2D eigenvalue weighted by atomic mass is 16.5. The zero-order chi connectivity index (χ0) is 13.5. The van der Waals surface area contributed by atoms with Gasteiger partial charge in [0.2, 0.25) is 5.88 Å². The molecule has 19 heavy (non-hydrogen) atoms. The quantitative estimate of drug-likeness (QED) is 0.907. The van der Waals surface area contributed by atoms with E-state index in [4.69, 9.17) is 10.5 Å². The van der Waals surface area contributed by atoms with Crippen molar-refractivity contribution in [2.75, 3.05) is 7.11 Å². The summed E-state index contributed by atoms with van der Waals surface area (Å²) >= 11 is 0. The normalized spacial score (nSPS) is 19.5. The van der Waals surface area contributed by atoms with E-state index >= 15 is 0 Å². The van der Waals surface area contributed by atoms with Gasteiger partial charge in [0, 0.05) is 24.2 Å². The predicted molar refractivity (Wildman–Crippen MR) is 76.1 cm³/mol. The van der Waals surface area contributed by atoms with Crippen LogP contribution in [0.25, 0.3) is 0 Å². The Kier molecular flexibility index (Phi) is 5.58. The molecule has 1 heterocycles. The molecule has 0 radical (unpaired) electrons. The Morgan fingerprint density at radius 2 is 1.89 bits per heavy atom. The van der Waals surface area contributed by atoms with Gasteiger partial charge in [0.15, 0.2) is 0 Å². The summed E-state index contributed by atoms with van der Waals surface area (Å²) in [6.07, 6.45) is 11.7. The van der Waals surface area contributed by atoms with E-state index in [1.165, 1.54) is 44.9 Å². The molecule has 1 atom stereocenters. The molecule has 1 fully saturated rings. The van der Waals surface area contributed by atoms with Crippen LogP contribution in [0.5, 0.6) is 5.88 Å². The zero-order valence-electron chi connectivity index (χ0n) is 11.8. The minimum atomic E-state index is 0.206. The second-order valence-electron chi connectivity index (χ2n) is 5.52. The van der Waals surface area contributed by atoms with Crippen molar-refractivity contribution in [1.82, 2.24) is 9.97 Å². The lowest BCUT2D eigenvalue weighted by Crippen LogP contribution is -2.33. The lowest BCUT2D eigenvalue weighted by Gasteiger charge is -2.25. The number of aromatic nitrogens is 2. The van der Waals surface area contributed by atoms with Crippen molar-refractivity contribution in [2.45, 2.75) is 57.4 Å². The van der Waals surface area contributed by atoms with E-state index in [0.29, 0.717) is 11.8 Å². The van der Waals surface area contributed by atoms with Gasteiger partial charge in [0.1, 0.15) is 6.33 Å². The van der Waals surface area contributed by atoms with E-state index in [1.807, 2.05) is 6.07 Å². The van der Waals surface area contributed by atoms with Crippen molar-refractivity contribution < 1.29 is 4.74 Å². The van der Waals surface area contributed by atoms with E-state index in [1.54, 1.807) is 13.4 Å². The van der Waals surface area contributed by atoms with Gasteiger partial charge >= 0.3 is 0 Å². The Hall–Kier alpha value is -1.16. The number of rotatable bonds is 4. The number of ether oxygens (including phenoxy) is 1. The van der Waals surface area contributed by atoms with Crippen molar-refractivity contribution in [2.24, 2.45) is 11.7 Å². The molecule has 1 unspecified atom stereocenters. The van der Waals surface area contributed by atoms with Crippen molar-refractivity contribution in [3.63, 3.8) is 0 Å². The van der Waals surface area contributed by atoms with Crippen LogP contribution in [0.2, 0.25) is 0 Å². The third kappa shape index (κ3) is 4.46. The molecule has 1 aliphatic carbocycles. The van der Waals surface area contributed by atoms with Gasteiger partial charge in [-0.1, -0.05) is 32.1 Å². The summed E-state index contributed by atoms with van der Waals surface area (Å²) in [6.45, 7) is 0. The van der Waals surface area contributed by atoms with Crippen LogP contribution in [0.15, 0.2) is 12.4 Å². The Morgan fingerprint density at radius 3 is 2.58 bits per heavy atom. The first-order chi connectivity index (χ1) is 9.29. The summed E-state index contributed by atoms with van der Waals surface area (Å²) in [7, 11) is 1.63. The number of hydrogen-bond donors (Lipinski definition) is 1. The van der Waals surface area contributed by atoms with Gasteiger partial charge < -0.3 is 10.5 Å². The summed E-state index contributed by atoms with van der Waals surface area (Å²) in [4.78, 5) is 8.32. The minimum Gasteiger partial charge on any atom is -0.481 e. The first-order valence-corrected chi connectivity index (χ1v) is 7.40. The number of nitrogens with two attached hydrogens (primary N) is 1. The van der Waals surface area contributed by atoms with E-state index in [9.17, 15) is 0 Å². The minimum absolute atomic E-state index is 0.206. The van der Waals surface area contributed by atoms with Gasteiger partial charge in [-0.15, -0.1) is 0 Å². The molecule has 2 rings (SSSR count). The highest BCUT2D eigenvalue weighted by Gasteiger charge is 2.19. The average molecular weight is 263 g/mol. The highest BCUT2D eigenvalue weighted by molar-refractivity contribution is 5.14. The Balaban J connectivity index is 1.92. The third-order valence-electron chi connectivity index (χ3n) is 4.11. The molecule has 1 aliphatic rings. The summed E-state index contributed by atoms with van der Waals surface area (Å²) < 4.78 is 5.13. The Morgan fingerprint density at radius 1 is 1.21 bits per heavy atom. The Bertz CT molecular complexity index is 375. The van der Waals surface area contributed by atoms with Crippen LogP contribution >= 0.6 is 0 Å². The average Bonchev–Trinajstić information content (AvgIpc) is 2.38. The number of nitrogens with zero attached hydrogens (tertiary/aromatic N) is 2. The van der Waals surface area contributed by atoms with E-state index in [2.05, 4.69) is 9.97 Å². The lowest BCUT2D eigenvalue weighted by atomic mass is 9.84. The molecule has 1 saturated carbocycles. The molecule has 0 bridgehead atoms. The van der Waals surface area contributed by atoms with Crippen molar-refractivity contribution in [3.05, 3.63) is 18.1 Å². The first-order valence-electron chi connectivity index (χ1n) is 7.40. The van der Waals surface area contributed by atoms with Gasteiger partial charge in [0.05, 0.1) is 7.11 Å². The summed E-state index contributed by atoms with van der Waals surface area (Å²) in [5.41, 5.74) is 7.38. The van der Waals surface area contributed by atoms with Gasteiger partial charge in [-0.2, -0.15) is 0 Å². The van der Waals surface area contributed by atoms with Crippen LogP contribution in [-0.4, -0.2) is 23.1 Å². The van der Waals surface area contributed by atoms with Crippen molar-refractivity contribution >= 4 is 0 Å². The molecular formula is C15H25N3O. The fraction of sp³-hybridized carbons (Fsp3) is 0.733. The van der Waals surface area contributed by atoms with Gasteiger partial charge in [-0.25, -0.2) is 9.97 Å². The van der Waals surface area contributed by atoms with Crippen molar-refractivity contribution in [1.29, 1.82) is 0 Å². The van der Waals surface area contributed by atoms with Gasteiger partial charge in [-0.3, -0.25) is 0 Å². The SMILES string of the molecule is COc1cc(CC(N)C2CCCCCCC2)ncn1. The van der Waals surface area contributed by atoms with Crippen LogP contribution in [0.1, 0.15) is 50.6 Å². The van der Waals surface area contributed by atoms with Crippen LogP contribution in [0.3, 0.4) is 0 Å². The lowest BCUT2D eigenvalue weighted by molar-refractivity contribution is 0.320. The van der Waals surface area contributed by atoms with Gasteiger partial charge in [0.25, 0.3) is 0 Å². The van der Waals surface area contributed by atoms with E-state index in [-0.39, 0.29) is 6.04 Å². The molecule has 0 spiro atoms. The van der Waals surface area contributed by atoms with Crippen LogP contribution < -0.4 is 10.5 Å². The molecule has 106 valence electrons. The summed E-state index contributed by atoms with van der Waals surface area (Å²) in [6, 6.07) is 2.10. The predicted octanol–water partition coefficient (Wildman–Crippen LogP) is 2.72. The van der Waals surface area contributed by atoms with E-state index < -0.39 is 0 Å².